The predicted molar refractivity (Wildman–Crippen MR) is 93.5 cm³/mol. The van der Waals surface area contributed by atoms with Gasteiger partial charge in [0.1, 0.15) is 5.75 Å². The molecular weight excluding hydrogens is 306 g/mol. The number of aryl methyl sites for hydroxylation is 1. The third kappa shape index (κ3) is 4.40. The molecule has 1 aliphatic heterocycles. The van der Waals surface area contributed by atoms with Crippen LogP contribution in [-0.2, 0) is 0 Å². The number of benzene rings is 1. The fourth-order valence-electron chi connectivity index (χ4n) is 2.71. The van der Waals surface area contributed by atoms with E-state index in [1.54, 1.807) is 23.0 Å². The molecule has 0 unspecified atom stereocenters. The summed E-state index contributed by atoms with van der Waals surface area (Å²) in [6.45, 7) is 9.96. The maximum atomic E-state index is 12.6. The summed E-state index contributed by atoms with van der Waals surface area (Å²) in [6.07, 6.45) is 0. The number of hydrogen-bond donors (Lipinski definition) is 1. The number of carbonyl (C=O) groups is 2. The Bertz CT molecular complexity index is 614. The van der Waals surface area contributed by atoms with Crippen LogP contribution in [0, 0.1) is 6.92 Å². The fourth-order valence-corrected chi connectivity index (χ4v) is 2.71. The molecule has 6 heteroatoms. The van der Waals surface area contributed by atoms with E-state index in [-0.39, 0.29) is 17.5 Å². The first kappa shape index (κ1) is 18.1. The largest absolute Gasteiger partial charge is 0.496 e. The highest BCUT2D eigenvalue weighted by molar-refractivity contribution is 5.94. The molecule has 0 aliphatic carbocycles. The van der Waals surface area contributed by atoms with Crippen LogP contribution < -0.4 is 10.1 Å². The zero-order chi connectivity index (χ0) is 17.9. The van der Waals surface area contributed by atoms with Crippen LogP contribution >= 0.6 is 0 Å². The molecule has 2 rings (SSSR count). The molecule has 0 atom stereocenters. The number of nitrogens with zero attached hydrogens (tertiary/aromatic N) is 2. The van der Waals surface area contributed by atoms with Crippen LogP contribution in [0.1, 0.15) is 36.7 Å². The Morgan fingerprint density at radius 1 is 1.08 bits per heavy atom. The van der Waals surface area contributed by atoms with Crippen molar-refractivity contribution in [3.05, 3.63) is 29.3 Å². The van der Waals surface area contributed by atoms with E-state index >= 15 is 0 Å². The molecule has 1 aromatic carbocycles. The molecule has 0 radical (unpaired) electrons. The summed E-state index contributed by atoms with van der Waals surface area (Å²) in [5.74, 6) is 0.770. The maximum Gasteiger partial charge on any atom is 0.317 e. The monoisotopic (exact) mass is 333 g/mol. The fraction of sp³-hybridized carbons (Fsp3) is 0.556. The highest BCUT2D eigenvalue weighted by atomic mass is 16.5. The van der Waals surface area contributed by atoms with Gasteiger partial charge in [-0.15, -0.1) is 0 Å². The molecule has 0 saturated carbocycles. The second-order valence-electron chi connectivity index (χ2n) is 7.14. The Hall–Kier alpha value is -2.24. The van der Waals surface area contributed by atoms with Crippen LogP contribution in [-0.4, -0.2) is 60.6 Å². The third-order valence-corrected chi connectivity index (χ3v) is 3.98. The minimum Gasteiger partial charge on any atom is -0.496 e. The molecule has 24 heavy (non-hydrogen) atoms. The van der Waals surface area contributed by atoms with Crippen molar-refractivity contribution in [1.82, 2.24) is 15.1 Å². The average molecular weight is 333 g/mol. The van der Waals surface area contributed by atoms with Crippen molar-refractivity contribution in [2.75, 3.05) is 33.3 Å². The van der Waals surface area contributed by atoms with E-state index in [1.807, 2.05) is 39.8 Å². The van der Waals surface area contributed by atoms with Crippen LogP contribution in [0.25, 0.3) is 0 Å². The van der Waals surface area contributed by atoms with Gasteiger partial charge in [-0.25, -0.2) is 4.79 Å². The van der Waals surface area contributed by atoms with Gasteiger partial charge in [0.25, 0.3) is 5.91 Å². The van der Waals surface area contributed by atoms with Gasteiger partial charge >= 0.3 is 6.03 Å². The maximum absolute atomic E-state index is 12.6. The van der Waals surface area contributed by atoms with Crippen LogP contribution in [0.2, 0.25) is 0 Å². The number of piperazine rings is 1. The Morgan fingerprint density at radius 2 is 1.67 bits per heavy atom. The van der Waals surface area contributed by atoms with Gasteiger partial charge in [-0.3, -0.25) is 4.79 Å². The lowest BCUT2D eigenvalue weighted by Gasteiger charge is -2.36. The van der Waals surface area contributed by atoms with Crippen molar-refractivity contribution in [3.8, 4) is 5.75 Å². The lowest BCUT2D eigenvalue weighted by molar-refractivity contribution is 0.0661. The predicted octanol–water partition coefficient (Wildman–Crippen LogP) is 2.27. The van der Waals surface area contributed by atoms with Crippen molar-refractivity contribution < 1.29 is 14.3 Å². The van der Waals surface area contributed by atoms with Gasteiger partial charge in [-0.2, -0.15) is 0 Å². The number of amides is 3. The minimum absolute atomic E-state index is 0.00312. The van der Waals surface area contributed by atoms with Gasteiger partial charge in [-0.1, -0.05) is 0 Å². The summed E-state index contributed by atoms with van der Waals surface area (Å²) in [6, 6.07) is 5.37. The first-order chi connectivity index (χ1) is 11.2. The number of methoxy groups -OCH3 is 1. The molecule has 1 heterocycles. The summed E-state index contributed by atoms with van der Waals surface area (Å²) < 4.78 is 5.23. The summed E-state index contributed by atoms with van der Waals surface area (Å²) in [7, 11) is 1.62. The molecule has 1 aromatic rings. The lowest BCUT2D eigenvalue weighted by atomic mass is 10.1. The Morgan fingerprint density at radius 3 is 2.17 bits per heavy atom. The van der Waals surface area contributed by atoms with Gasteiger partial charge in [0.05, 0.1) is 7.11 Å². The molecule has 1 aliphatic rings. The lowest BCUT2D eigenvalue weighted by Crippen LogP contribution is -2.56. The number of urea groups is 1. The molecule has 132 valence electrons. The van der Waals surface area contributed by atoms with E-state index in [0.717, 1.165) is 11.3 Å². The smallest absolute Gasteiger partial charge is 0.317 e. The van der Waals surface area contributed by atoms with Crippen LogP contribution in [0.15, 0.2) is 18.2 Å². The zero-order valence-corrected chi connectivity index (χ0v) is 15.2. The SMILES string of the molecule is COc1ccc(C(=O)N2CCN(C(=O)NC(C)(C)C)CC2)cc1C. The molecule has 0 aromatic heterocycles. The number of rotatable bonds is 2. The van der Waals surface area contributed by atoms with Gasteiger partial charge in [0.15, 0.2) is 0 Å². The van der Waals surface area contributed by atoms with Crippen molar-refractivity contribution in [3.63, 3.8) is 0 Å². The Balaban J connectivity index is 1.95. The molecule has 3 amide bonds. The second-order valence-corrected chi connectivity index (χ2v) is 7.14. The molecule has 1 N–H and O–H groups in total. The highest BCUT2D eigenvalue weighted by Gasteiger charge is 2.26. The van der Waals surface area contributed by atoms with E-state index in [1.165, 1.54) is 0 Å². The number of carbonyl (C=O) groups excluding carboxylic acids is 2. The summed E-state index contributed by atoms with van der Waals surface area (Å²) in [4.78, 5) is 28.3. The molecular formula is C18H27N3O3. The van der Waals surface area contributed by atoms with Gasteiger partial charge in [-0.05, 0) is 51.5 Å². The molecule has 6 nitrogen and oxygen atoms in total. The van der Waals surface area contributed by atoms with E-state index in [9.17, 15) is 9.59 Å². The Labute approximate surface area is 143 Å². The van der Waals surface area contributed by atoms with Crippen molar-refractivity contribution in [2.24, 2.45) is 0 Å². The van der Waals surface area contributed by atoms with Gasteiger partial charge in [0.2, 0.25) is 0 Å². The third-order valence-electron chi connectivity index (χ3n) is 3.98. The van der Waals surface area contributed by atoms with E-state index in [4.69, 9.17) is 4.74 Å². The quantitative estimate of drug-likeness (QED) is 0.903. The van der Waals surface area contributed by atoms with Crippen LogP contribution in [0.3, 0.4) is 0 Å². The van der Waals surface area contributed by atoms with Crippen molar-refractivity contribution in [1.29, 1.82) is 0 Å². The summed E-state index contributed by atoms with van der Waals surface area (Å²) >= 11 is 0. The first-order valence-corrected chi connectivity index (χ1v) is 8.22. The molecule has 0 spiro atoms. The standard InChI is InChI=1S/C18H27N3O3/c1-13-12-14(6-7-15(13)24-5)16(22)20-8-10-21(11-9-20)17(23)19-18(2,3)4/h6-7,12H,8-11H2,1-5H3,(H,19,23). The number of hydrogen-bond acceptors (Lipinski definition) is 3. The van der Waals surface area contributed by atoms with Crippen molar-refractivity contribution >= 4 is 11.9 Å². The highest BCUT2D eigenvalue weighted by Crippen LogP contribution is 2.20. The van der Waals surface area contributed by atoms with E-state index < -0.39 is 0 Å². The Kier molecular flexibility index (Phi) is 5.36. The molecule has 0 bridgehead atoms. The zero-order valence-electron chi connectivity index (χ0n) is 15.2. The summed E-state index contributed by atoms with van der Waals surface area (Å²) in [5, 5.41) is 2.95. The van der Waals surface area contributed by atoms with Crippen LogP contribution in [0.4, 0.5) is 4.79 Å². The molecule has 1 fully saturated rings. The van der Waals surface area contributed by atoms with E-state index in [2.05, 4.69) is 5.32 Å². The topological polar surface area (TPSA) is 61.9 Å². The van der Waals surface area contributed by atoms with Gasteiger partial charge in [0, 0.05) is 37.3 Å². The normalized spacial score (nSPS) is 15.2. The van der Waals surface area contributed by atoms with Crippen LogP contribution in [0.5, 0.6) is 5.75 Å². The number of ether oxygens (including phenoxy) is 1. The second kappa shape index (κ2) is 7.11. The van der Waals surface area contributed by atoms with Crippen molar-refractivity contribution in [2.45, 2.75) is 33.2 Å². The van der Waals surface area contributed by atoms with Gasteiger partial charge < -0.3 is 19.9 Å². The number of nitrogens with one attached hydrogen (secondary N) is 1. The minimum atomic E-state index is -0.259. The first-order valence-electron chi connectivity index (χ1n) is 8.22. The van der Waals surface area contributed by atoms with E-state index in [0.29, 0.717) is 31.7 Å². The summed E-state index contributed by atoms with van der Waals surface area (Å²) in [5.41, 5.74) is 1.33. The molecule has 1 saturated heterocycles. The average Bonchev–Trinajstić information content (AvgIpc) is 2.52.